The van der Waals surface area contributed by atoms with Crippen LogP contribution in [0.4, 0.5) is 15.9 Å². The van der Waals surface area contributed by atoms with Crippen molar-refractivity contribution in [3.63, 3.8) is 0 Å². The molecule has 19 heavy (non-hydrogen) atoms. The number of nitro benzene ring substituents is 1. The number of anilines is 1. The van der Waals surface area contributed by atoms with Crippen LogP contribution in [-0.4, -0.2) is 19.9 Å². The maximum atomic E-state index is 13.3. The average Bonchev–Trinajstić information content (AvgIpc) is 2.71. The van der Waals surface area contributed by atoms with Crippen LogP contribution >= 0.6 is 0 Å². The highest BCUT2D eigenvalue weighted by atomic mass is 19.1. The first-order chi connectivity index (χ1) is 8.91. The van der Waals surface area contributed by atoms with Crippen LogP contribution in [0.5, 0.6) is 0 Å². The summed E-state index contributed by atoms with van der Waals surface area (Å²) in [5, 5.41) is 18.3. The molecule has 2 rings (SSSR count). The molecule has 1 heterocycles. The molecule has 0 aliphatic carbocycles. The summed E-state index contributed by atoms with van der Waals surface area (Å²) in [6.07, 6.45) is 0. The maximum Gasteiger partial charge on any atom is 0.306 e. The molecule has 0 saturated heterocycles. The van der Waals surface area contributed by atoms with Crippen LogP contribution in [0.1, 0.15) is 25.5 Å². The quantitative estimate of drug-likeness (QED) is 0.676. The standard InChI is InChI=1S/C11H12FN5O2/c1-6(2)10-11(13)14-15-16(10)7-3-4-8(12)9(5-7)17(18)19/h3-6H,13H2,1-2H3. The van der Waals surface area contributed by atoms with Crippen LogP contribution < -0.4 is 5.73 Å². The fourth-order valence-electron chi connectivity index (χ4n) is 1.80. The molecule has 0 aliphatic heterocycles. The lowest BCUT2D eigenvalue weighted by Crippen LogP contribution is -2.06. The van der Waals surface area contributed by atoms with Crippen molar-refractivity contribution in [3.8, 4) is 5.69 Å². The number of nitrogen functional groups attached to an aromatic ring is 1. The summed E-state index contributed by atoms with van der Waals surface area (Å²) in [6.45, 7) is 3.78. The SMILES string of the molecule is CC(C)c1c(N)nnn1-c1ccc(F)c([N+](=O)[O-])c1. The number of aromatic nitrogens is 3. The van der Waals surface area contributed by atoms with Crippen molar-refractivity contribution in [1.29, 1.82) is 0 Å². The minimum atomic E-state index is -0.895. The molecule has 0 radical (unpaired) electrons. The Morgan fingerprint density at radius 2 is 2.16 bits per heavy atom. The molecule has 0 amide bonds. The third-order valence-electron chi connectivity index (χ3n) is 2.65. The zero-order valence-corrected chi connectivity index (χ0v) is 10.4. The van der Waals surface area contributed by atoms with Gasteiger partial charge in [0.25, 0.3) is 0 Å². The number of nitro groups is 1. The van der Waals surface area contributed by atoms with Crippen molar-refractivity contribution in [3.05, 3.63) is 39.8 Å². The normalized spacial score (nSPS) is 10.9. The first-order valence-electron chi connectivity index (χ1n) is 5.57. The largest absolute Gasteiger partial charge is 0.381 e. The maximum absolute atomic E-state index is 13.3. The van der Waals surface area contributed by atoms with Crippen molar-refractivity contribution < 1.29 is 9.31 Å². The predicted octanol–water partition coefficient (Wildman–Crippen LogP) is 2.02. The van der Waals surface area contributed by atoms with Crippen molar-refractivity contribution >= 4 is 11.5 Å². The Labute approximate surface area is 108 Å². The molecule has 100 valence electrons. The molecule has 2 aromatic rings. The average molecular weight is 265 g/mol. The van der Waals surface area contributed by atoms with E-state index in [2.05, 4.69) is 10.3 Å². The fraction of sp³-hybridized carbons (Fsp3) is 0.273. The van der Waals surface area contributed by atoms with E-state index in [1.54, 1.807) is 0 Å². The summed E-state index contributed by atoms with van der Waals surface area (Å²) >= 11 is 0. The summed E-state index contributed by atoms with van der Waals surface area (Å²) in [6, 6.07) is 3.52. The summed E-state index contributed by atoms with van der Waals surface area (Å²) in [5.74, 6) is -0.617. The molecular weight excluding hydrogens is 253 g/mol. The van der Waals surface area contributed by atoms with E-state index in [4.69, 9.17) is 5.73 Å². The van der Waals surface area contributed by atoms with Gasteiger partial charge in [-0.2, -0.15) is 4.39 Å². The predicted molar refractivity (Wildman–Crippen MR) is 66.5 cm³/mol. The first-order valence-corrected chi connectivity index (χ1v) is 5.57. The lowest BCUT2D eigenvalue weighted by atomic mass is 10.1. The molecule has 0 saturated carbocycles. The Bertz CT molecular complexity index is 638. The zero-order chi connectivity index (χ0) is 14.2. The smallest absolute Gasteiger partial charge is 0.306 e. The third-order valence-corrected chi connectivity index (χ3v) is 2.65. The third kappa shape index (κ3) is 2.24. The van der Waals surface area contributed by atoms with Gasteiger partial charge in [0.15, 0.2) is 5.82 Å². The molecule has 0 fully saturated rings. The zero-order valence-electron chi connectivity index (χ0n) is 10.4. The molecule has 0 aliphatic rings. The fourth-order valence-corrected chi connectivity index (χ4v) is 1.80. The number of hydrogen-bond donors (Lipinski definition) is 1. The number of hydrogen-bond acceptors (Lipinski definition) is 5. The van der Waals surface area contributed by atoms with Gasteiger partial charge >= 0.3 is 5.69 Å². The highest BCUT2D eigenvalue weighted by Crippen LogP contribution is 2.26. The highest BCUT2D eigenvalue weighted by molar-refractivity contribution is 5.47. The van der Waals surface area contributed by atoms with E-state index < -0.39 is 16.4 Å². The molecule has 8 heteroatoms. The number of nitrogens with two attached hydrogens (primary N) is 1. The van der Waals surface area contributed by atoms with E-state index in [0.29, 0.717) is 11.4 Å². The first kappa shape index (κ1) is 12.9. The molecule has 1 aromatic carbocycles. The highest BCUT2D eigenvalue weighted by Gasteiger charge is 2.19. The van der Waals surface area contributed by atoms with Crippen LogP contribution in [0.15, 0.2) is 18.2 Å². The monoisotopic (exact) mass is 265 g/mol. The van der Waals surface area contributed by atoms with Gasteiger partial charge in [0.2, 0.25) is 5.82 Å². The molecule has 2 N–H and O–H groups in total. The lowest BCUT2D eigenvalue weighted by molar-refractivity contribution is -0.387. The molecule has 1 aromatic heterocycles. The molecule has 0 spiro atoms. The lowest BCUT2D eigenvalue weighted by Gasteiger charge is -2.09. The van der Waals surface area contributed by atoms with E-state index in [1.165, 1.54) is 10.7 Å². The van der Waals surface area contributed by atoms with Crippen molar-refractivity contribution in [2.45, 2.75) is 19.8 Å². The van der Waals surface area contributed by atoms with Gasteiger partial charge in [-0.25, -0.2) is 4.68 Å². The summed E-state index contributed by atoms with van der Waals surface area (Å²) in [7, 11) is 0. The van der Waals surface area contributed by atoms with Gasteiger partial charge in [-0.15, -0.1) is 5.10 Å². The van der Waals surface area contributed by atoms with Gasteiger partial charge in [-0.1, -0.05) is 19.1 Å². The summed E-state index contributed by atoms with van der Waals surface area (Å²) in [5.41, 5.74) is 6.07. The molecule has 0 unspecified atom stereocenters. The number of nitrogens with zero attached hydrogens (tertiary/aromatic N) is 4. The van der Waals surface area contributed by atoms with Crippen LogP contribution in [0.25, 0.3) is 5.69 Å². The van der Waals surface area contributed by atoms with E-state index in [-0.39, 0.29) is 11.7 Å². The summed E-state index contributed by atoms with van der Waals surface area (Å²) < 4.78 is 14.7. The van der Waals surface area contributed by atoms with Crippen molar-refractivity contribution in [1.82, 2.24) is 15.0 Å². The van der Waals surface area contributed by atoms with Crippen LogP contribution in [0.2, 0.25) is 0 Å². The van der Waals surface area contributed by atoms with Gasteiger partial charge in [0.05, 0.1) is 16.3 Å². The molecule has 0 atom stereocenters. The Balaban J connectivity index is 2.60. The van der Waals surface area contributed by atoms with Gasteiger partial charge in [-0.3, -0.25) is 10.1 Å². The van der Waals surface area contributed by atoms with Crippen molar-refractivity contribution in [2.24, 2.45) is 0 Å². The Hall–Kier alpha value is -2.51. The Morgan fingerprint density at radius 1 is 1.47 bits per heavy atom. The number of benzene rings is 1. The number of halogens is 1. The van der Waals surface area contributed by atoms with Crippen LogP contribution in [-0.2, 0) is 0 Å². The minimum Gasteiger partial charge on any atom is -0.381 e. The molecular formula is C11H12FN5O2. The van der Waals surface area contributed by atoms with Gasteiger partial charge in [0, 0.05) is 6.07 Å². The van der Waals surface area contributed by atoms with E-state index in [9.17, 15) is 14.5 Å². The van der Waals surface area contributed by atoms with Crippen molar-refractivity contribution in [2.75, 3.05) is 5.73 Å². The van der Waals surface area contributed by atoms with Crippen LogP contribution in [0.3, 0.4) is 0 Å². The van der Waals surface area contributed by atoms with Gasteiger partial charge in [-0.05, 0) is 18.1 Å². The Morgan fingerprint density at radius 3 is 2.74 bits per heavy atom. The molecule has 7 nitrogen and oxygen atoms in total. The Kier molecular flexibility index (Phi) is 3.16. The van der Waals surface area contributed by atoms with E-state index >= 15 is 0 Å². The second kappa shape index (κ2) is 4.63. The van der Waals surface area contributed by atoms with E-state index in [1.807, 2.05) is 13.8 Å². The minimum absolute atomic E-state index is 0.0270. The van der Waals surface area contributed by atoms with E-state index in [0.717, 1.165) is 12.1 Å². The second-order valence-electron chi connectivity index (χ2n) is 4.32. The second-order valence-corrected chi connectivity index (χ2v) is 4.32. The van der Waals surface area contributed by atoms with Gasteiger partial charge < -0.3 is 5.73 Å². The molecule has 0 bridgehead atoms. The summed E-state index contributed by atoms with van der Waals surface area (Å²) in [4.78, 5) is 9.94. The van der Waals surface area contributed by atoms with Crippen LogP contribution in [0, 0.1) is 15.9 Å². The topological polar surface area (TPSA) is 99.9 Å². The van der Waals surface area contributed by atoms with Gasteiger partial charge in [0.1, 0.15) is 0 Å². The number of rotatable bonds is 3.